The number of nitrogens with one attached hydrogen (secondary N) is 2. The van der Waals surface area contributed by atoms with Crippen LogP contribution in [0.1, 0.15) is 10.4 Å². The van der Waals surface area contributed by atoms with Gasteiger partial charge in [-0.25, -0.2) is 4.98 Å². The minimum atomic E-state index is -0.673. The fraction of sp³-hybridized carbons (Fsp3) is 0. The minimum absolute atomic E-state index is 0.199. The van der Waals surface area contributed by atoms with Gasteiger partial charge in [0.05, 0.1) is 4.92 Å². The predicted octanol–water partition coefficient (Wildman–Crippen LogP) is 4.09. The number of hydrogen-bond donors (Lipinski definition) is 2. The Morgan fingerprint density at radius 3 is 2.43 bits per heavy atom. The predicted molar refractivity (Wildman–Crippen MR) is 110 cm³/mol. The molecule has 0 radical (unpaired) electrons. The second-order valence-electron chi connectivity index (χ2n) is 6.19. The molecule has 4 aromatic rings. The van der Waals surface area contributed by atoms with Gasteiger partial charge in [-0.1, -0.05) is 48.5 Å². The standard InChI is InChI=1S/C21H15N5O4/c27-20(15-7-2-1-3-8-15)25-24-19-18(26(28)29)21(23-13-22-19)30-17-11-10-14-6-4-5-9-16(14)12-17/h1-13H,(H,25,27)(H,22,23,24). The summed E-state index contributed by atoms with van der Waals surface area (Å²) in [5.74, 6) is -0.535. The topological polar surface area (TPSA) is 119 Å². The van der Waals surface area contributed by atoms with E-state index in [9.17, 15) is 14.9 Å². The molecule has 9 heteroatoms. The Labute approximate surface area is 170 Å². The molecule has 0 unspecified atom stereocenters. The van der Waals surface area contributed by atoms with Gasteiger partial charge < -0.3 is 4.74 Å². The van der Waals surface area contributed by atoms with Gasteiger partial charge in [0.25, 0.3) is 5.91 Å². The highest BCUT2D eigenvalue weighted by molar-refractivity contribution is 5.95. The van der Waals surface area contributed by atoms with Gasteiger partial charge in [-0.05, 0) is 35.0 Å². The number of anilines is 1. The highest BCUT2D eigenvalue weighted by Gasteiger charge is 2.25. The number of rotatable bonds is 6. The van der Waals surface area contributed by atoms with E-state index >= 15 is 0 Å². The molecule has 148 valence electrons. The van der Waals surface area contributed by atoms with Crippen LogP contribution in [0.4, 0.5) is 11.5 Å². The van der Waals surface area contributed by atoms with Crippen molar-refractivity contribution in [2.75, 3.05) is 5.43 Å². The van der Waals surface area contributed by atoms with Crippen molar-refractivity contribution in [1.29, 1.82) is 0 Å². The van der Waals surface area contributed by atoms with Crippen molar-refractivity contribution in [2.45, 2.75) is 0 Å². The van der Waals surface area contributed by atoms with Crippen molar-refractivity contribution < 1.29 is 14.5 Å². The highest BCUT2D eigenvalue weighted by atomic mass is 16.6. The molecule has 3 aromatic carbocycles. The fourth-order valence-corrected chi connectivity index (χ4v) is 2.81. The Bertz CT molecular complexity index is 1230. The number of aromatic nitrogens is 2. The van der Waals surface area contributed by atoms with Crippen LogP contribution >= 0.6 is 0 Å². The normalized spacial score (nSPS) is 10.4. The quantitative estimate of drug-likeness (QED) is 0.369. The molecule has 1 heterocycles. The molecule has 0 aliphatic heterocycles. The molecule has 4 rings (SSSR count). The van der Waals surface area contributed by atoms with Crippen LogP contribution in [0.25, 0.3) is 10.8 Å². The number of amides is 1. The molecule has 0 spiro atoms. The van der Waals surface area contributed by atoms with Crippen LogP contribution in [-0.4, -0.2) is 20.8 Å². The van der Waals surface area contributed by atoms with Crippen LogP contribution in [0.3, 0.4) is 0 Å². The van der Waals surface area contributed by atoms with Crippen LogP contribution in [0, 0.1) is 10.1 Å². The third-order valence-electron chi connectivity index (χ3n) is 4.24. The summed E-state index contributed by atoms with van der Waals surface area (Å²) < 4.78 is 5.67. The molecule has 9 nitrogen and oxygen atoms in total. The summed E-state index contributed by atoms with van der Waals surface area (Å²) in [7, 11) is 0. The Morgan fingerprint density at radius 2 is 1.67 bits per heavy atom. The SMILES string of the molecule is O=C(NNc1ncnc(Oc2ccc3ccccc3c2)c1[N+](=O)[O-])c1ccccc1. The van der Waals surface area contributed by atoms with Gasteiger partial charge in [0, 0.05) is 5.56 Å². The summed E-state index contributed by atoms with van der Waals surface area (Å²) in [5, 5.41) is 13.6. The van der Waals surface area contributed by atoms with Crippen LogP contribution in [0.5, 0.6) is 11.6 Å². The Balaban J connectivity index is 1.59. The first-order chi connectivity index (χ1) is 14.6. The molecule has 0 saturated heterocycles. The van der Waals surface area contributed by atoms with Crippen LogP contribution in [0.2, 0.25) is 0 Å². The zero-order valence-electron chi connectivity index (χ0n) is 15.5. The van der Waals surface area contributed by atoms with Crippen LogP contribution in [0.15, 0.2) is 79.1 Å². The lowest BCUT2D eigenvalue weighted by Gasteiger charge is -2.10. The molecule has 0 aliphatic rings. The van der Waals surface area contributed by atoms with E-state index < -0.39 is 16.5 Å². The van der Waals surface area contributed by atoms with E-state index in [0.29, 0.717) is 11.3 Å². The lowest BCUT2D eigenvalue weighted by atomic mass is 10.1. The smallest absolute Gasteiger partial charge is 0.374 e. The lowest BCUT2D eigenvalue weighted by molar-refractivity contribution is -0.385. The van der Waals surface area contributed by atoms with Gasteiger partial charge in [-0.15, -0.1) is 0 Å². The first kappa shape index (κ1) is 18.8. The number of fused-ring (bicyclic) bond motifs is 1. The molecular formula is C21H15N5O4. The number of nitro groups is 1. The molecule has 1 aromatic heterocycles. The van der Waals surface area contributed by atoms with Gasteiger partial charge in [-0.3, -0.25) is 25.8 Å². The third-order valence-corrected chi connectivity index (χ3v) is 4.24. The van der Waals surface area contributed by atoms with E-state index in [2.05, 4.69) is 20.8 Å². The largest absolute Gasteiger partial charge is 0.434 e. The second kappa shape index (κ2) is 8.23. The summed E-state index contributed by atoms with van der Waals surface area (Å²) in [5.41, 5.74) is 4.75. The number of hydrazine groups is 1. The molecular weight excluding hydrogens is 386 g/mol. The van der Waals surface area contributed by atoms with Gasteiger partial charge >= 0.3 is 11.6 Å². The van der Waals surface area contributed by atoms with Gasteiger partial charge in [0.1, 0.15) is 12.1 Å². The van der Waals surface area contributed by atoms with Gasteiger partial charge in [0.2, 0.25) is 5.82 Å². The summed E-state index contributed by atoms with van der Waals surface area (Å²) in [6, 6.07) is 21.4. The maximum absolute atomic E-state index is 12.2. The van der Waals surface area contributed by atoms with Gasteiger partial charge in [-0.2, -0.15) is 4.98 Å². The summed E-state index contributed by atoms with van der Waals surface area (Å²) >= 11 is 0. The highest BCUT2D eigenvalue weighted by Crippen LogP contribution is 2.34. The summed E-state index contributed by atoms with van der Waals surface area (Å²) in [4.78, 5) is 30.9. The molecule has 0 saturated carbocycles. The zero-order valence-corrected chi connectivity index (χ0v) is 15.5. The number of ether oxygens (including phenoxy) is 1. The minimum Gasteiger partial charge on any atom is -0.434 e. The average molecular weight is 401 g/mol. The number of carbonyl (C=O) groups excluding carboxylic acids is 1. The van der Waals surface area contributed by atoms with Gasteiger partial charge in [0.15, 0.2) is 0 Å². The molecule has 2 N–H and O–H groups in total. The second-order valence-corrected chi connectivity index (χ2v) is 6.19. The third kappa shape index (κ3) is 3.99. The first-order valence-corrected chi connectivity index (χ1v) is 8.89. The van der Waals surface area contributed by atoms with E-state index in [4.69, 9.17) is 4.74 Å². The molecule has 0 aliphatic carbocycles. The van der Waals surface area contributed by atoms with E-state index in [1.54, 1.807) is 42.5 Å². The summed E-state index contributed by atoms with van der Waals surface area (Å²) in [6.07, 6.45) is 1.11. The first-order valence-electron chi connectivity index (χ1n) is 8.89. The monoisotopic (exact) mass is 401 g/mol. The Kier molecular flexibility index (Phi) is 5.16. The number of nitrogens with zero attached hydrogens (tertiary/aromatic N) is 3. The molecule has 0 bridgehead atoms. The number of benzene rings is 3. The molecule has 30 heavy (non-hydrogen) atoms. The van der Waals surface area contributed by atoms with E-state index in [-0.39, 0.29) is 11.7 Å². The number of hydrogen-bond acceptors (Lipinski definition) is 7. The maximum Gasteiger partial charge on any atom is 0.374 e. The lowest BCUT2D eigenvalue weighted by Crippen LogP contribution is -2.30. The van der Waals surface area contributed by atoms with E-state index in [1.165, 1.54) is 0 Å². The van der Waals surface area contributed by atoms with E-state index in [0.717, 1.165) is 17.1 Å². The van der Waals surface area contributed by atoms with Crippen molar-refractivity contribution in [1.82, 2.24) is 15.4 Å². The van der Waals surface area contributed by atoms with E-state index in [1.807, 2.05) is 30.3 Å². The van der Waals surface area contributed by atoms with Crippen LogP contribution in [-0.2, 0) is 0 Å². The molecule has 1 amide bonds. The van der Waals surface area contributed by atoms with Crippen LogP contribution < -0.4 is 15.6 Å². The van der Waals surface area contributed by atoms with Crippen molar-refractivity contribution in [3.8, 4) is 11.6 Å². The van der Waals surface area contributed by atoms with Crippen molar-refractivity contribution in [3.05, 3.63) is 94.8 Å². The average Bonchev–Trinajstić information content (AvgIpc) is 2.78. The summed E-state index contributed by atoms with van der Waals surface area (Å²) in [6.45, 7) is 0. The van der Waals surface area contributed by atoms with Crippen molar-refractivity contribution in [3.63, 3.8) is 0 Å². The Morgan fingerprint density at radius 1 is 0.933 bits per heavy atom. The fourth-order valence-electron chi connectivity index (χ4n) is 2.81. The Hall–Kier alpha value is -4.53. The molecule has 0 fully saturated rings. The maximum atomic E-state index is 12.2. The number of carbonyl (C=O) groups is 1. The molecule has 0 atom stereocenters. The zero-order chi connectivity index (χ0) is 20.9. The van der Waals surface area contributed by atoms with Crippen molar-refractivity contribution in [2.24, 2.45) is 0 Å². The van der Waals surface area contributed by atoms with Crippen molar-refractivity contribution >= 4 is 28.2 Å².